The number of hydrogen-bond donors (Lipinski definition) is 2. The topological polar surface area (TPSA) is 69.6 Å². The molecule has 0 bridgehead atoms. The van der Waals surface area contributed by atoms with E-state index in [2.05, 4.69) is 5.32 Å². The van der Waals surface area contributed by atoms with Gasteiger partial charge in [0.25, 0.3) is 0 Å². The van der Waals surface area contributed by atoms with Crippen LogP contribution < -0.4 is 5.32 Å². The van der Waals surface area contributed by atoms with E-state index in [9.17, 15) is 9.59 Å². The molecule has 2 atom stereocenters. The Hall–Kier alpha value is -1.69. The van der Waals surface area contributed by atoms with E-state index in [0.717, 1.165) is 11.3 Å². The summed E-state index contributed by atoms with van der Waals surface area (Å²) in [5.74, 6) is -0.173. The Kier molecular flexibility index (Phi) is 3.56. The second-order valence-electron chi connectivity index (χ2n) is 5.10. The lowest BCUT2D eigenvalue weighted by Crippen LogP contribution is -2.47. The number of carbonyl (C=O) groups excluding carboxylic acids is 1. The van der Waals surface area contributed by atoms with Gasteiger partial charge < -0.3 is 15.3 Å². The predicted molar refractivity (Wildman–Crippen MR) is 77.7 cm³/mol. The quantitative estimate of drug-likeness (QED) is 0.859. The summed E-state index contributed by atoms with van der Waals surface area (Å²) in [6.45, 7) is 0.573. The fourth-order valence-corrected chi connectivity index (χ4v) is 3.87. The highest BCUT2D eigenvalue weighted by molar-refractivity contribution is 7.99. The molecular weight excluding hydrogens is 276 g/mol. The fraction of sp³-hybridized carbons (Fsp3) is 0.429. The number of rotatable bonds is 2. The van der Waals surface area contributed by atoms with Gasteiger partial charge in [-0.25, -0.2) is 4.79 Å². The Labute approximate surface area is 121 Å². The minimum Gasteiger partial charge on any atom is -0.480 e. The first-order valence-electron chi connectivity index (χ1n) is 6.59. The molecule has 1 aromatic rings. The van der Waals surface area contributed by atoms with Gasteiger partial charge in [0.2, 0.25) is 5.91 Å². The van der Waals surface area contributed by atoms with E-state index in [1.54, 1.807) is 0 Å². The Morgan fingerprint density at radius 3 is 2.95 bits per heavy atom. The van der Waals surface area contributed by atoms with Crippen molar-refractivity contribution in [2.24, 2.45) is 5.92 Å². The summed E-state index contributed by atoms with van der Waals surface area (Å²) in [6.07, 6.45) is 0.676. The summed E-state index contributed by atoms with van der Waals surface area (Å²) in [5, 5.41) is 12.4. The number of fused-ring (bicyclic) bond motifs is 1. The largest absolute Gasteiger partial charge is 0.480 e. The number of nitrogens with zero attached hydrogens (tertiary/aromatic N) is 1. The molecule has 20 heavy (non-hydrogen) atoms. The Morgan fingerprint density at radius 2 is 2.15 bits per heavy atom. The van der Waals surface area contributed by atoms with Gasteiger partial charge >= 0.3 is 5.97 Å². The molecule has 0 aromatic heterocycles. The number of anilines is 1. The van der Waals surface area contributed by atoms with Gasteiger partial charge in [0.15, 0.2) is 0 Å². The first-order chi connectivity index (χ1) is 9.66. The molecule has 0 aliphatic carbocycles. The average molecular weight is 292 g/mol. The highest BCUT2D eigenvalue weighted by Crippen LogP contribution is 2.28. The molecule has 6 heteroatoms. The number of carboxylic acids is 1. The van der Waals surface area contributed by atoms with Crippen molar-refractivity contribution < 1.29 is 14.7 Å². The minimum absolute atomic E-state index is 0.0515. The molecule has 0 spiro atoms. The van der Waals surface area contributed by atoms with Crippen molar-refractivity contribution >= 4 is 29.3 Å². The van der Waals surface area contributed by atoms with Crippen LogP contribution >= 0.6 is 11.8 Å². The molecule has 2 unspecified atom stereocenters. The van der Waals surface area contributed by atoms with E-state index in [0.29, 0.717) is 24.6 Å². The first kappa shape index (κ1) is 13.3. The molecule has 3 rings (SSSR count). The Bertz CT molecular complexity index is 549. The van der Waals surface area contributed by atoms with Crippen molar-refractivity contribution in [1.29, 1.82) is 0 Å². The van der Waals surface area contributed by atoms with Crippen LogP contribution in [-0.4, -0.2) is 46.1 Å². The Balaban J connectivity index is 1.74. The van der Waals surface area contributed by atoms with E-state index >= 15 is 0 Å². The molecule has 1 amide bonds. The number of thioether (sulfide) groups is 1. The second-order valence-corrected chi connectivity index (χ2v) is 6.10. The van der Waals surface area contributed by atoms with Gasteiger partial charge in [0.05, 0.1) is 11.8 Å². The molecule has 106 valence electrons. The molecule has 0 radical (unpaired) electrons. The average Bonchev–Trinajstić information content (AvgIpc) is 2.95. The van der Waals surface area contributed by atoms with Crippen molar-refractivity contribution in [3.8, 4) is 0 Å². The molecule has 1 fully saturated rings. The van der Waals surface area contributed by atoms with Crippen LogP contribution in [0.3, 0.4) is 0 Å². The maximum Gasteiger partial charge on any atom is 0.327 e. The van der Waals surface area contributed by atoms with E-state index in [-0.39, 0.29) is 11.8 Å². The minimum atomic E-state index is -0.910. The van der Waals surface area contributed by atoms with Gasteiger partial charge in [0, 0.05) is 18.0 Å². The first-order valence-corrected chi connectivity index (χ1v) is 7.75. The highest BCUT2D eigenvalue weighted by Gasteiger charge is 2.38. The summed E-state index contributed by atoms with van der Waals surface area (Å²) in [6, 6.07) is 7.26. The van der Waals surface area contributed by atoms with Gasteiger partial charge in [-0.1, -0.05) is 18.2 Å². The number of carboxylic acid groups (broad SMARTS) is 1. The zero-order valence-corrected chi connectivity index (χ0v) is 11.7. The molecule has 2 aliphatic rings. The van der Waals surface area contributed by atoms with Crippen molar-refractivity contribution in [3.05, 3.63) is 29.8 Å². The number of carbonyl (C=O) groups is 2. The molecule has 2 N–H and O–H groups in total. The van der Waals surface area contributed by atoms with Gasteiger partial charge in [0.1, 0.15) is 6.04 Å². The van der Waals surface area contributed by atoms with E-state index < -0.39 is 12.0 Å². The van der Waals surface area contributed by atoms with E-state index in [1.807, 2.05) is 24.3 Å². The normalized spacial score (nSPS) is 24.9. The molecule has 1 saturated heterocycles. The lowest BCUT2D eigenvalue weighted by atomic mass is 9.92. The monoisotopic (exact) mass is 292 g/mol. The van der Waals surface area contributed by atoms with Crippen molar-refractivity contribution in [3.63, 3.8) is 0 Å². The highest BCUT2D eigenvalue weighted by atomic mass is 32.2. The number of benzene rings is 1. The third-order valence-corrected chi connectivity index (χ3v) is 4.83. The third kappa shape index (κ3) is 2.35. The van der Waals surface area contributed by atoms with Crippen LogP contribution in [0.5, 0.6) is 0 Å². The molecule has 5 nitrogen and oxygen atoms in total. The van der Waals surface area contributed by atoms with Gasteiger partial charge in [-0.3, -0.25) is 4.79 Å². The molecule has 2 aliphatic heterocycles. The summed E-state index contributed by atoms with van der Waals surface area (Å²) in [7, 11) is 0. The number of nitrogens with one attached hydrogen (secondary N) is 1. The summed E-state index contributed by atoms with van der Waals surface area (Å²) in [4.78, 5) is 25.2. The lowest BCUT2D eigenvalue weighted by molar-refractivity contribution is -0.149. The third-order valence-electron chi connectivity index (χ3n) is 3.82. The zero-order chi connectivity index (χ0) is 14.1. The van der Waals surface area contributed by atoms with Crippen LogP contribution in [0.4, 0.5) is 5.69 Å². The summed E-state index contributed by atoms with van der Waals surface area (Å²) >= 11 is 1.50. The van der Waals surface area contributed by atoms with E-state index in [4.69, 9.17) is 5.11 Å². The molecular formula is C14H16N2O3S. The number of para-hydroxylation sites is 1. The fourth-order valence-electron chi connectivity index (χ4n) is 2.72. The van der Waals surface area contributed by atoms with Crippen molar-refractivity contribution in [2.75, 3.05) is 23.5 Å². The number of aliphatic carboxylic acids is 1. The van der Waals surface area contributed by atoms with Gasteiger partial charge in [-0.05, 0) is 18.1 Å². The predicted octanol–water partition coefficient (Wildman–Crippen LogP) is 1.26. The van der Waals surface area contributed by atoms with Crippen LogP contribution in [0.2, 0.25) is 0 Å². The maximum atomic E-state index is 12.5. The van der Waals surface area contributed by atoms with Crippen LogP contribution in [0.25, 0.3) is 0 Å². The SMILES string of the molecule is O=C(O)C1CSCN1C(=O)C1CNc2ccccc2C1. The van der Waals surface area contributed by atoms with Crippen LogP contribution in [0, 0.1) is 5.92 Å². The van der Waals surface area contributed by atoms with Gasteiger partial charge in [-0.2, -0.15) is 0 Å². The van der Waals surface area contributed by atoms with Crippen LogP contribution in [0.15, 0.2) is 24.3 Å². The molecule has 2 heterocycles. The number of amides is 1. The van der Waals surface area contributed by atoms with Gasteiger partial charge in [-0.15, -0.1) is 11.8 Å². The zero-order valence-electron chi connectivity index (χ0n) is 10.9. The summed E-state index contributed by atoms with van der Waals surface area (Å²) < 4.78 is 0. The number of hydrogen-bond acceptors (Lipinski definition) is 4. The molecule has 1 aromatic carbocycles. The van der Waals surface area contributed by atoms with Crippen molar-refractivity contribution in [2.45, 2.75) is 12.5 Å². The summed E-state index contributed by atoms with van der Waals surface area (Å²) in [5.41, 5.74) is 2.19. The van der Waals surface area contributed by atoms with Crippen molar-refractivity contribution in [1.82, 2.24) is 4.90 Å². The second kappa shape index (κ2) is 5.36. The smallest absolute Gasteiger partial charge is 0.327 e. The molecule has 0 saturated carbocycles. The lowest BCUT2D eigenvalue weighted by Gasteiger charge is -2.30. The maximum absolute atomic E-state index is 12.5. The van der Waals surface area contributed by atoms with Crippen LogP contribution in [-0.2, 0) is 16.0 Å². The van der Waals surface area contributed by atoms with Crippen LogP contribution in [0.1, 0.15) is 5.56 Å². The Morgan fingerprint density at radius 1 is 1.35 bits per heavy atom. The standard InChI is InChI=1S/C14H16N2O3S/c17-13(16-8-20-7-12(16)14(18)19)10-5-9-3-1-2-4-11(9)15-6-10/h1-4,10,12,15H,5-8H2,(H,18,19). The van der Waals surface area contributed by atoms with E-state index in [1.165, 1.54) is 16.7 Å².